The molecule has 0 atom stereocenters. The predicted octanol–water partition coefficient (Wildman–Crippen LogP) is 1.95. The van der Waals surface area contributed by atoms with Gasteiger partial charge in [0.1, 0.15) is 5.54 Å². The maximum atomic E-state index is 12.4. The number of hydrogen-bond acceptors (Lipinski definition) is 2. The molecule has 0 aromatic heterocycles. The van der Waals surface area contributed by atoms with Gasteiger partial charge in [-0.3, -0.25) is 4.79 Å². The van der Waals surface area contributed by atoms with Gasteiger partial charge in [0.25, 0.3) is 5.91 Å². The van der Waals surface area contributed by atoms with E-state index in [1.165, 1.54) is 0 Å². The number of anilines is 1. The van der Waals surface area contributed by atoms with Crippen LogP contribution in [0.3, 0.4) is 0 Å². The lowest BCUT2D eigenvalue weighted by atomic mass is 10.00. The molecule has 2 rings (SSSR count). The summed E-state index contributed by atoms with van der Waals surface area (Å²) in [4.78, 5) is 16.1. The van der Waals surface area contributed by atoms with Crippen LogP contribution in [0.4, 0.5) is 5.69 Å². The molecule has 0 aliphatic carbocycles. The molecule has 1 amide bonds. The molecule has 0 saturated carbocycles. The zero-order valence-electron chi connectivity index (χ0n) is 10.4. The van der Waals surface area contributed by atoms with E-state index in [4.69, 9.17) is 6.42 Å². The molecule has 1 aliphatic heterocycles. The molecule has 1 aliphatic rings. The normalized spacial score (nSPS) is 15.5. The Labute approximate surface area is 102 Å². The van der Waals surface area contributed by atoms with E-state index in [1.807, 2.05) is 50.1 Å². The lowest BCUT2D eigenvalue weighted by Crippen LogP contribution is -2.54. The Kier molecular flexibility index (Phi) is 2.59. The van der Waals surface area contributed by atoms with Crippen molar-refractivity contribution < 1.29 is 4.79 Å². The van der Waals surface area contributed by atoms with Crippen LogP contribution in [0.1, 0.15) is 24.2 Å². The molecule has 0 N–H and O–H groups in total. The number of nitrogens with zero attached hydrogens (tertiary/aromatic N) is 2. The van der Waals surface area contributed by atoms with Crippen molar-refractivity contribution in [1.82, 2.24) is 4.90 Å². The summed E-state index contributed by atoms with van der Waals surface area (Å²) in [5, 5.41) is 0. The summed E-state index contributed by atoms with van der Waals surface area (Å²) in [6.07, 6.45) is 5.50. The Bertz CT molecular complexity index is 499. The number of amides is 1. The zero-order chi connectivity index (χ0) is 12.6. The molecule has 0 unspecified atom stereocenters. The van der Waals surface area contributed by atoms with E-state index < -0.39 is 5.54 Å². The van der Waals surface area contributed by atoms with Crippen molar-refractivity contribution in [3.63, 3.8) is 0 Å². The van der Waals surface area contributed by atoms with Crippen LogP contribution in [0, 0.1) is 12.3 Å². The molecule has 1 aromatic rings. The fourth-order valence-electron chi connectivity index (χ4n) is 1.99. The highest BCUT2D eigenvalue weighted by molar-refractivity contribution is 6.02. The van der Waals surface area contributed by atoms with Crippen LogP contribution in [-0.4, -0.2) is 30.1 Å². The highest BCUT2D eigenvalue weighted by Crippen LogP contribution is 2.29. The Morgan fingerprint density at radius 2 is 2.00 bits per heavy atom. The number of hydrogen-bond donors (Lipinski definition) is 0. The van der Waals surface area contributed by atoms with E-state index in [1.54, 1.807) is 4.90 Å². The Morgan fingerprint density at radius 3 is 2.65 bits per heavy atom. The predicted molar refractivity (Wildman–Crippen MR) is 68.8 cm³/mol. The summed E-state index contributed by atoms with van der Waals surface area (Å²) in [6, 6.07) is 7.60. The van der Waals surface area contributed by atoms with E-state index in [9.17, 15) is 4.79 Å². The number of fused-ring (bicyclic) bond motifs is 1. The molecular formula is C14H16N2O. The molecule has 0 radical (unpaired) electrons. The van der Waals surface area contributed by atoms with E-state index in [-0.39, 0.29) is 5.91 Å². The Hall–Kier alpha value is -1.95. The number of carbonyl (C=O) groups is 1. The Balaban J connectivity index is 2.48. The molecular weight excluding hydrogens is 212 g/mol. The minimum Gasteiger partial charge on any atom is -0.356 e. The van der Waals surface area contributed by atoms with Crippen LogP contribution in [0.5, 0.6) is 0 Å². The van der Waals surface area contributed by atoms with E-state index in [0.29, 0.717) is 12.2 Å². The van der Waals surface area contributed by atoms with Crippen LogP contribution < -0.4 is 4.90 Å². The first-order chi connectivity index (χ1) is 7.97. The summed E-state index contributed by atoms with van der Waals surface area (Å²) < 4.78 is 0. The molecule has 3 heteroatoms. The van der Waals surface area contributed by atoms with Crippen LogP contribution in [-0.2, 0) is 0 Å². The second-order valence-corrected chi connectivity index (χ2v) is 4.79. The van der Waals surface area contributed by atoms with Crippen molar-refractivity contribution in [1.29, 1.82) is 0 Å². The molecule has 1 heterocycles. The first-order valence-electron chi connectivity index (χ1n) is 5.57. The summed E-state index contributed by atoms with van der Waals surface area (Å²) in [7, 11) is 1.96. The average Bonchev–Trinajstić information content (AvgIpc) is 2.33. The van der Waals surface area contributed by atoms with Gasteiger partial charge >= 0.3 is 0 Å². The quantitative estimate of drug-likeness (QED) is 0.686. The molecule has 3 nitrogen and oxygen atoms in total. The van der Waals surface area contributed by atoms with E-state index in [0.717, 1.165) is 5.69 Å². The van der Waals surface area contributed by atoms with Crippen molar-refractivity contribution in [3.8, 4) is 12.3 Å². The summed E-state index contributed by atoms with van der Waals surface area (Å²) in [6.45, 7) is 4.28. The minimum absolute atomic E-state index is 0.00153. The van der Waals surface area contributed by atoms with Crippen LogP contribution in [0.15, 0.2) is 24.3 Å². The fraction of sp³-hybridized carbons (Fsp3) is 0.357. The third-order valence-corrected chi connectivity index (χ3v) is 3.17. The maximum Gasteiger partial charge on any atom is 0.258 e. The van der Waals surface area contributed by atoms with E-state index in [2.05, 4.69) is 5.92 Å². The number of carbonyl (C=O) groups excluding carboxylic acids is 1. The highest BCUT2D eigenvalue weighted by atomic mass is 16.2. The van der Waals surface area contributed by atoms with Crippen molar-refractivity contribution >= 4 is 11.6 Å². The van der Waals surface area contributed by atoms with Crippen molar-refractivity contribution in [2.24, 2.45) is 0 Å². The topological polar surface area (TPSA) is 23.6 Å². The summed E-state index contributed by atoms with van der Waals surface area (Å²) >= 11 is 0. The summed E-state index contributed by atoms with van der Waals surface area (Å²) in [5.74, 6) is 2.67. The van der Waals surface area contributed by atoms with Crippen molar-refractivity contribution in [3.05, 3.63) is 29.8 Å². The number of para-hydroxylation sites is 1. The third kappa shape index (κ3) is 1.76. The van der Waals surface area contributed by atoms with Crippen molar-refractivity contribution in [2.75, 3.05) is 18.6 Å². The molecule has 0 saturated heterocycles. The van der Waals surface area contributed by atoms with Crippen LogP contribution in [0.25, 0.3) is 0 Å². The van der Waals surface area contributed by atoms with Gasteiger partial charge in [0, 0.05) is 7.05 Å². The first-order valence-corrected chi connectivity index (χ1v) is 5.57. The second kappa shape index (κ2) is 3.81. The summed E-state index contributed by atoms with van der Waals surface area (Å²) in [5.41, 5.74) is 1.10. The lowest BCUT2D eigenvalue weighted by Gasteiger charge is -2.42. The Morgan fingerprint density at radius 1 is 1.35 bits per heavy atom. The van der Waals surface area contributed by atoms with Gasteiger partial charge in [-0.05, 0) is 26.0 Å². The SMILES string of the molecule is C#CC(C)(C)N1CN(C)c2ccccc2C1=O. The van der Waals surface area contributed by atoms with Crippen LogP contribution in [0.2, 0.25) is 0 Å². The monoisotopic (exact) mass is 228 g/mol. The van der Waals surface area contributed by atoms with Gasteiger partial charge in [-0.15, -0.1) is 6.42 Å². The standard InChI is InChI=1S/C14H16N2O/c1-5-14(2,3)16-10-15(4)12-9-7-6-8-11(12)13(16)17/h1,6-9H,10H2,2-4H3. The molecule has 0 spiro atoms. The zero-order valence-corrected chi connectivity index (χ0v) is 10.4. The van der Waals surface area contributed by atoms with Gasteiger partial charge in [0.2, 0.25) is 0 Å². The second-order valence-electron chi connectivity index (χ2n) is 4.79. The molecule has 0 fully saturated rings. The molecule has 17 heavy (non-hydrogen) atoms. The smallest absolute Gasteiger partial charge is 0.258 e. The van der Waals surface area contributed by atoms with Gasteiger partial charge in [0.05, 0.1) is 17.9 Å². The average molecular weight is 228 g/mol. The lowest BCUT2D eigenvalue weighted by molar-refractivity contribution is 0.0624. The largest absolute Gasteiger partial charge is 0.356 e. The third-order valence-electron chi connectivity index (χ3n) is 3.17. The van der Waals surface area contributed by atoms with Gasteiger partial charge in [-0.1, -0.05) is 18.1 Å². The number of rotatable bonds is 1. The van der Waals surface area contributed by atoms with Gasteiger partial charge < -0.3 is 9.80 Å². The van der Waals surface area contributed by atoms with E-state index >= 15 is 0 Å². The van der Waals surface area contributed by atoms with Gasteiger partial charge in [-0.2, -0.15) is 0 Å². The first kappa shape index (κ1) is 11.5. The molecule has 88 valence electrons. The molecule has 0 bridgehead atoms. The fourth-order valence-corrected chi connectivity index (χ4v) is 1.99. The molecule has 1 aromatic carbocycles. The van der Waals surface area contributed by atoms with Gasteiger partial charge in [0.15, 0.2) is 0 Å². The van der Waals surface area contributed by atoms with Crippen LogP contribution >= 0.6 is 0 Å². The number of terminal acetylenes is 1. The highest BCUT2D eigenvalue weighted by Gasteiger charge is 2.35. The minimum atomic E-state index is -0.571. The van der Waals surface area contributed by atoms with Crippen molar-refractivity contribution in [2.45, 2.75) is 19.4 Å². The maximum absolute atomic E-state index is 12.4. The number of benzene rings is 1. The van der Waals surface area contributed by atoms with Gasteiger partial charge in [-0.25, -0.2) is 0 Å².